The monoisotopic (exact) mass is 281 g/mol. The highest BCUT2D eigenvalue weighted by Gasteiger charge is 2.40. The van der Waals surface area contributed by atoms with Gasteiger partial charge in [0.2, 0.25) is 0 Å². The standard InChI is InChI=1S/C13H15NO6/c1-20-10-5-11(13(18)19)14(6-10)12(17)7-2-8(15)4-9(16)3-7/h2-4,10-11,15-16H,5-6H2,1H3,(H,18,19). The van der Waals surface area contributed by atoms with E-state index in [-0.39, 0.29) is 36.1 Å². The van der Waals surface area contributed by atoms with E-state index in [4.69, 9.17) is 9.84 Å². The van der Waals surface area contributed by atoms with E-state index in [1.807, 2.05) is 0 Å². The van der Waals surface area contributed by atoms with E-state index in [2.05, 4.69) is 0 Å². The van der Waals surface area contributed by atoms with E-state index in [0.29, 0.717) is 0 Å². The summed E-state index contributed by atoms with van der Waals surface area (Å²) in [5.41, 5.74) is 0.0329. The molecule has 1 aliphatic rings. The molecule has 1 heterocycles. The van der Waals surface area contributed by atoms with Gasteiger partial charge < -0.3 is 25.0 Å². The first-order chi connectivity index (χ1) is 9.42. The number of rotatable bonds is 3. The number of nitrogens with zero attached hydrogens (tertiary/aromatic N) is 1. The topological polar surface area (TPSA) is 107 Å². The SMILES string of the molecule is COC1CC(C(=O)O)N(C(=O)c2cc(O)cc(O)c2)C1. The summed E-state index contributed by atoms with van der Waals surface area (Å²) >= 11 is 0. The van der Waals surface area contributed by atoms with Gasteiger partial charge in [-0.1, -0.05) is 0 Å². The number of phenolic OH excluding ortho intramolecular Hbond substituents is 2. The molecule has 1 aliphatic heterocycles. The summed E-state index contributed by atoms with van der Waals surface area (Å²) in [7, 11) is 1.46. The first-order valence-corrected chi connectivity index (χ1v) is 6.02. The normalized spacial score (nSPS) is 21.9. The van der Waals surface area contributed by atoms with Crippen LogP contribution in [0.4, 0.5) is 0 Å². The van der Waals surface area contributed by atoms with Gasteiger partial charge in [0.1, 0.15) is 17.5 Å². The number of carboxylic acids is 1. The van der Waals surface area contributed by atoms with Gasteiger partial charge in [0.05, 0.1) is 6.10 Å². The summed E-state index contributed by atoms with van der Waals surface area (Å²) in [6.45, 7) is 0.155. The van der Waals surface area contributed by atoms with Gasteiger partial charge in [-0.25, -0.2) is 4.79 Å². The van der Waals surface area contributed by atoms with E-state index in [0.717, 1.165) is 6.07 Å². The minimum absolute atomic E-state index is 0.0329. The molecule has 0 aromatic heterocycles. The number of amides is 1. The third-order valence-corrected chi connectivity index (χ3v) is 3.29. The average molecular weight is 281 g/mol. The minimum Gasteiger partial charge on any atom is -0.508 e. The predicted octanol–water partition coefficient (Wildman–Crippen LogP) is 0.412. The van der Waals surface area contributed by atoms with Crippen molar-refractivity contribution in [2.45, 2.75) is 18.6 Å². The Bertz CT molecular complexity index is 523. The smallest absolute Gasteiger partial charge is 0.326 e. The van der Waals surface area contributed by atoms with Gasteiger partial charge in [-0.05, 0) is 12.1 Å². The van der Waals surface area contributed by atoms with Crippen LogP contribution in [-0.4, -0.2) is 57.9 Å². The highest BCUT2D eigenvalue weighted by atomic mass is 16.5. The van der Waals surface area contributed by atoms with Crippen molar-refractivity contribution in [3.05, 3.63) is 23.8 Å². The molecule has 2 atom stereocenters. The fraction of sp³-hybridized carbons (Fsp3) is 0.385. The van der Waals surface area contributed by atoms with Crippen LogP contribution in [0.5, 0.6) is 11.5 Å². The molecule has 0 saturated carbocycles. The molecule has 0 radical (unpaired) electrons. The van der Waals surface area contributed by atoms with Crippen LogP contribution in [0.2, 0.25) is 0 Å². The van der Waals surface area contributed by atoms with Crippen LogP contribution in [0.15, 0.2) is 18.2 Å². The number of methoxy groups -OCH3 is 1. The fourth-order valence-corrected chi connectivity index (χ4v) is 2.31. The predicted molar refractivity (Wildman–Crippen MR) is 67.6 cm³/mol. The molecule has 1 saturated heterocycles. The molecule has 1 amide bonds. The third kappa shape index (κ3) is 2.67. The molecular formula is C13H15NO6. The Labute approximate surface area is 115 Å². The van der Waals surface area contributed by atoms with Crippen molar-refractivity contribution in [2.24, 2.45) is 0 Å². The quantitative estimate of drug-likeness (QED) is 0.740. The molecule has 2 rings (SSSR count). The number of aliphatic carboxylic acids is 1. The summed E-state index contributed by atoms with van der Waals surface area (Å²) in [4.78, 5) is 24.7. The van der Waals surface area contributed by atoms with Gasteiger partial charge >= 0.3 is 5.97 Å². The summed E-state index contributed by atoms with van der Waals surface area (Å²) in [5.74, 6) is -2.20. The molecule has 7 nitrogen and oxygen atoms in total. The molecule has 108 valence electrons. The molecule has 0 spiro atoms. The van der Waals surface area contributed by atoms with Crippen molar-refractivity contribution in [3.8, 4) is 11.5 Å². The van der Waals surface area contributed by atoms with Gasteiger partial charge in [-0.2, -0.15) is 0 Å². The van der Waals surface area contributed by atoms with Gasteiger partial charge in [0, 0.05) is 31.7 Å². The molecule has 1 aromatic rings. The number of carbonyl (C=O) groups is 2. The summed E-state index contributed by atoms with van der Waals surface area (Å²) in [5, 5.41) is 27.9. The third-order valence-electron chi connectivity index (χ3n) is 3.29. The maximum atomic E-state index is 12.3. The molecule has 20 heavy (non-hydrogen) atoms. The second kappa shape index (κ2) is 5.38. The lowest BCUT2D eigenvalue weighted by Crippen LogP contribution is -2.40. The Morgan fingerprint density at radius 3 is 2.35 bits per heavy atom. The Kier molecular flexibility index (Phi) is 3.80. The number of hydrogen-bond acceptors (Lipinski definition) is 5. The van der Waals surface area contributed by atoms with Gasteiger partial charge in [-0.15, -0.1) is 0 Å². The summed E-state index contributed by atoms with van der Waals surface area (Å²) in [6, 6.07) is 2.48. The zero-order valence-electron chi connectivity index (χ0n) is 10.8. The highest BCUT2D eigenvalue weighted by Crippen LogP contribution is 2.26. The van der Waals surface area contributed by atoms with E-state index in [1.54, 1.807) is 0 Å². The van der Waals surface area contributed by atoms with Crippen molar-refractivity contribution in [3.63, 3.8) is 0 Å². The van der Waals surface area contributed by atoms with Crippen LogP contribution in [0.1, 0.15) is 16.8 Å². The first kappa shape index (κ1) is 14.1. The summed E-state index contributed by atoms with van der Waals surface area (Å²) < 4.78 is 5.10. The van der Waals surface area contributed by atoms with E-state index < -0.39 is 17.9 Å². The number of hydrogen-bond donors (Lipinski definition) is 3. The van der Waals surface area contributed by atoms with Gasteiger partial charge in [0.25, 0.3) is 5.91 Å². The molecule has 0 bridgehead atoms. The van der Waals surface area contributed by atoms with Crippen molar-refractivity contribution in [1.82, 2.24) is 4.90 Å². The van der Waals surface area contributed by atoms with Crippen LogP contribution >= 0.6 is 0 Å². The lowest BCUT2D eigenvalue weighted by Gasteiger charge is -2.21. The molecule has 1 aromatic carbocycles. The maximum Gasteiger partial charge on any atom is 0.326 e. The second-order valence-corrected chi connectivity index (χ2v) is 4.64. The highest BCUT2D eigenvalue weighted by molar-refractivity contribution is 5.97. The number of likely N-dealkylation sites (tertiary alicyclic amines) is 1. The lowest BCUT2D eigenvalue weighted by molar-refractivity contribution is -0.141. The summed E-state index contributed by atoms with van der Waals surface area (Å²) in [6.07, 6.45) is -0.131. The second-order valence-electron chi connectivity index (χ2n) is 4.64. The zero-order valence-corrected chi connectivity index (χ0v) is 10.8. The molecule has 3 N–H and O–H groups in total. The van der Waals surface area contributed by atoms with Gasteiger partial charge in [0.15, 0.2) is 0 Å². The Morgan fingerprint density at radius 2 is 1.85 bits per heavy atom. The number of carbonyl (C=O) groups excluding carboxylic acids is 1. The fourth-order valence-electron chi connectivity index (χ4n) is 2.31. The van der Waals surface area contributed by atoms with Crippen LogP contribution in [0.25, 0.3) is 0 Å². The minimum atomic E-state index is -1.11. The van der Waals surface area contributed by atoms with Crippen LogP contribution in [-0.2, 0) is 9.53 Å². The number of ether oxygens (including phenoxy) is 1. The molecule has 7 heteroatoms. The van der Waals surface area contributed by atoms with E-state index in [1.165, 1.54) is 24.1 Å². The number of phenols is 2. The molecular weight excluding hydrogens is 266 g/mol. The Morgan fingerprint density at radius 1 is 1.25 bits per heavy atom. The van der Waals surface area contributed by atoms with Crippen LogP contribution < -0.4 is 0 Å². The van der Waals surface area contributed by atoms with Crippen molar-refractivity contribution < 1.29 is 29.6 Å². The largest absolute Gasteiger partial charge is 0.508 e. The average Bonchev–Trinajstić information content (AvgIpc) is 2.81. The first-order valence-electron chi connectivity index (χ1n) is 6.02. The maximum absolute atomic E-state index is 12.3. The van der Waals surface area contributed by atoms with E-state index >= 15 is 0 Å². The molecule has 0 aliphatic carbocycles. The Hall–Kier alpha value is -2.28. The number of carboxylic acid groups (broad SMARTS) is 1. The number of benzene rings is 1. The lowest BCUT2D eigenvalue weighted by atomic mass is 10.1. The van der Waals surface area contributed by atoms with Crippen molar-refractivity contribution in [2.75, 3.05) is 13.7 Å². The van der Waals surface area contributed by atoms with E-state index in [9.17, 15) is 19.8 Å². The van der Waals surface area contributed by atoms with Crippen molar-refractivity contribution in [1.29, 1.82) is 0 Å². The Balaban J connectivity index is 2.28. The number of aromatic hydroxyl groups is 2. The molecule has 2 unspecified atom stereocenters. The van der Waals surface area contributed by atoms with Crippen LogP contribution in [0, 0.1) is 0 Å². The zero-order chi connectivity index (χ0) is 14.9. The molecule has 1 fully saturated rings. The van der Waals surface area contributed by atoms with Crippen molar-refractivity contribution >= 4 is 11.9 Å². The van der Waals surface area contributed by atoms with Crippen LogP contribution in [0.3, 0.4) is 0 Å². The van der Waals surface area contributed by atoms with Gasteiger partial charge in [-0.3, -0.25) is 4.79 Å².